The molecule has 3 nitrogen and oxygen atoms in total. The highest BCUT2D eigenvalue weighted by Crippen LogP contribution is 2.49. The highest BCUT2D eigenvalue weighted by molar-refractivity contribution is 5.81. The third-order valence-corrected chi connectivity index (χ3v) is 6.96. The summed E-state index contributed by atoms with van der Waals surface area (Å²) in [7, 11) is 0. The van der Waals surface area contributed by atoms with E-state index in [1.54, 1.807) is 13.0 Å². The van der Waals surface area contributed by atoms with Gasteiger partial charge < -0.3 is 10.4 Å². The fourth-order valence-corrected chi connectivity index (χ4v) is 5.11. The lowest BCUT2D eigenvalue weighted by atomic mass is 9.64. The van der Waals surface area contributed by atoms with Crippen molar-refractivity contribution in [3.8, 4) is 0 Å². The van der Waals surface area contributed by atoms with Gasteiger partial charge in [-0.25, -0.2) is 0 Å². The van der Waals surface area contributed by atoms with E-state index in [1.165, 1.54) is 36.8 Å². The van der Waals surface area contributed by atoms with Gasteiger partial charge in [0, 0.05) is 17.0 Å². The predicted octanol–water partition coefficient (Wildman–Crippen LogP) is 7.45. The molecule has 3 heteroatoms. The molecule has 0 saturated heterocycles. The Hall–Kier alpha value is -2.03. The summed E-state index contributed by atoms with van der Waals surface area (Å²) in [5.74, 6) is 0.616. The molecular weight excluding hydrogens is 370 g/mol. The molecule has 0 spiro atoms. The number of nitrogens with one attached hydrogen (secondary N) is 1. The molecule has 0 aliphatic heterocycles. The van der Waals surface area contributed by atoms with Gasteiger partial charge in [-0.1, -0.05) is 75.3 Å². The van der Waals surface area contributed by atoms with Crippen LogP contribution in [0.25, 0.3) is 0 Å². The summed E-state index contributed by atoms with van der Waals surface area (Å²) in [4.78, 5) is 12.6. The van der Waals surface area contributed by atoms with Crippen molar-refractivity contribution in [2.24, 2.45) is 11.3 Å². The van der Waals surface area contributed by atoms with Gasteiger partial charge >= 0.3 is 0 Å². The van der Waals surface area contributed by atoms with Crippen molar-refractivity contribution in [3.05, 3.63) is 59.6 Å². The molecule has 2 fully saturated rings. The number of amides is 1. The van der Waals surface area contributed by atoms with Gasteiger partial charge in [-0.15, -0.1) is 0 Å². The zero-order valence-corrected chi connectivity index (χ0v) is 19.3. The monoisotopic (exact) mass is 411 g/mol. The molecule has 166 valence electrons. The Kier molecular flexibility index (Phi) is 9.68. The van der Waals surface area contributed by atoms with Crippen LogP contribution >= 0.6 is 0 Å². The van der Waals surface area contributed by atoms with Crippen molar-refractivity contribution < 1.29 is 9.90 Å². The van der Waals surface area contributed by atoms with E-state index in [1.807, 2.05) is 12.2 Å². The molecular formula is C27H41NO2. The van der Waals surface area contributed by atoms with Crippen molar-refractivity contribution >= 4 is 5.91 Å². The van der Waals surface area contributed by atoms with Crippen LogP contribution in [0.5, 0.6) is 0 Å². The van der Waals surface area contributed by atoms with Crippen molar-refractivity contribution in [3.63, 3.8) is 0 Å². The highest BCUT2D eigenvalue weighted by atomic mass is 16.3. The number of carbonyl (C=O) groups is 1. The van der Waals surface area contributed by atoms with E-state index in [2.05, 4.69) is 37.9 Å². The molecule has 0 aromatic rings. The molecule has 0 atom stereocenters. The fourth-order valence-electron chi connectivity index (χ4n) is 5.11. The maximum Gasteiger partial charge on any atom is 0.227 e. The normalized spacial score (nSPS) is 22.0. The molecule has 2 aliphatic carbocycles. The molecule has 2 saturated carbocycles. The summed E-state index contributed by atoms with van der Waals surface area (Å²) in [6.07, 6.45) is 22.4. The van der Waals surface area contributed by atoms with Crippen LogP contribution in [0.1, 0.15) is 91.4 Å². The van der Waals surface area contributed by atoms with E-state index < -0.39 is 0 Å². The van der Waals surface area contributed by atoms with Gasteiger partial charge in [0.25, 0.3) is 0 Å². The largest absolute Gasteiger partial charge is 0.513 e. The average Bonchev–Trinajstić information content (AvgIpc) is 2.77. The molecule has 2 aliphatic rings. The number of carbonyl (C=O) groups excluding carboxylic acids is 1. The highest BCUT2D eigenvalue weighted by Gasteiger charge is 2.36. The lowest BCUT2D eigenvalue weighted by Gasteiger charge is -2.41. The van der Waals surface area contributed by atoms with Crippen LogP contribution < -0.4 is 5.32 Å². The van der Waals surface area contributed by atoms with Crippen LogP contribution in [0.2, 0.25) is 0 Å². The Morgan fingerprint density at radius 2 is 1.63 bits per heavy atom. The molecule has 0 radical (unpaired) electrons. The average molecular weight is 412 g/mol. The van der Waals surface area contributed by atoms with E-state index in [4.69, 9.17) is 0 Å². The van der Waals surface area contributed by atoms with E-state index in [0.29, 0.717) is 5.76 Å². The SMILES string of the molecule is C=C/C(=C\C=C(/C)C1(/C(=C/C=C(\C)O)CC)CCCCC1)NC(=O)C1CCCCC1. The molecule has 0 bridgehead atoms. The smallest absolute Gasteiger partial charge is 0.227 e. The summed E-state index contributed by atoms with van der Waals surface area (Å²) in [6.45, 7) is 10.0. The molecule has 30 heavy (non-hydrogen) atoms. The summed E-state index contributed by atoms with van der Waals surface area (Å²) >= 11 is 0. The molecule has 1 amide bonds. The molecule has 0 unspecified atom stereocenters. The Balaban J connectivity index is 2.25. The van der Waals surface area contributed by atoms with Gasteiger partial charge in [-0.05, 0) is 64.2 Å². The van der Waals surface area contributed by atoms with E-state index in [0.717, 1.165) is 50.6 Å². The van der Waals surface area contributed by atoms with E-state index in [-0.39, 0.29) is 17.2 Å². The van der Waals surface area contributed by atoms with Crippen molar-refractivity contribution in [2.45, 2.75) is 91.4 Å². The maximum atomic E-state index is 12.6. The third-order valence-electron chi connectivity index (χ3n) is 6.96. The van der Waals surface area contributed by atoms with Crippen molar-refractivity contribution in [1.29, 1.82) is 0 Å². The summed E-state index contributed by atoms with van der Waals surface area (Å²) in [6, 6.07) is 0. The minimum atomic E-state index is 0.0368. The van der Waals surface area contributed by atoms with Gasteiger partial charge in [0.1, 0.15) is 0 Å². The van der Waals surface area contributed by atoms with Gasteiger partial charge in [0.2, 0.25) is 5.91 Å². The number of aliphatic hydroxyl groups is 1. The lowest BCUT2D eigenvalue weighted by Crippen LogP contribution is -2.31. The van der Waals surface area contributed by atoms with E-state index in [9.17, 15) is 9.90 Å². The second-order valence-electron chi connectivity index (χ2n) is 9.00. The Bertz CT molecular complexity index is 707. The Labute approximate surface area is 183 Å². The lowest BCUT2D eigenvalue weighted by molar-refractivity contribution is -0.125. The third kappa shape index (κ3) is 6.48. The summed E-state index contributed by atoms with van der Waals surface area (Å²) < 4.78 is 0. The predicted molar refractivity (Wildman–Crippen MR) is 127 cm³/mol. The molecule has 2 N–H and O–H groups in total. The van der Waals surface area contributed by atoms with Crippen LogP contribution in [0.4, 0.5) is 0 Å². The van der Waals surface area contributed by atoms with Gasteiger partial charge in [0.15, 0.2) is 0 Å². The number of hydrogen-bond acceptors (Lipinski definition) is 2. The van der Waals surface area contributed by atoms with Crippen LogP contribution in [0, 0.1) is 11.3 Å². The summed E-state index contributed by atoms with van der Waals surface area (Å²) in [5.41, 5.74) is 3.52. The van der Waals surface area contributed by atoms with E-state index >= 15 is 0 Å². The first-order valence-corrected chi connectivity index (χ1v) is 11.8. The first-order chi connectivity index (χ1) is 14.4. The molecule has 0 aromatic heterocycles. The van der Waals surface area contributed by atoms with Crippen LogP contribution in [0.15, 0.2) is 59.6 Å². The van der Waals surface area contributed by atoms with Gasteiger partial charge in [-0.3, -0.25) is 4.79 Å². The quantitative estimate of drug-likeness (QED) is 0.322. The first-order valence-electron chi connectivity index (χ1n) is 11.8. The minimum Gasteiger partial charge on any atom is -0.513 e. The van der Waals surface area contributed by atoms with Crippen molar-refractivity contribution in [1.82, 2.24) is 5.32 Å². The second-order valence-corrected chi connectivity index (χ2v) is 9.00. The number of allylic oxidation sites excluding steroid dienone is 8. The van der Waals surface area contributed by atoms with Crippen LogP contribution in [0.3, 0.4) is 0 Å². The number of hydrogen-bond donors (Lipinski definition) is 2. The Morgan fingerprint density at radius 3 is 2.20 bits per heavy atom. The zero-order chi connectivity index (χ0) is 22.0. The minimum absolute atomic E-state index is 0.0368. The molecule has 0 aromatic carbocycles. The number of aliphatic hydroxyl groups excluding tert-OH is 1. The Morgan fingerprint density at radius 1 is 1.00 bits per heavy atom. The summed E-state index contributed by atoms with van der Waals surface area (Å²) in [5, 5.41) is 12.8. The van der Waals surface area contributed by atoms with Crippen LogP contribution in [-0.4, -0.2) is 11.0 Å². The van der Waals surface area contributed by atoms with Crippen molar-refractivity contribution in [2.75, 3.05) is 0 Å². The maximum absolute atomic E-state index is 12.6. The molecule has 2 rings (SSSR count). The first kappa shape index (κ1) is 24.2. The fraction of sp³-hybridized carbons (Fsp3) is 0.593. The topological polar surface area (TPSA) is 49.3 Å². The van der Waals surface area contributed by atoms with Gasteiger partial charge in [-0.2, -0.15) is 0 Å². The molecule has 0 heterocycles. The second kappa shape index (κ2) is 12.0. The zero-order valence-electron chi connectivity index (χ0n) is 19.3. The van der Waals surface area contributed by atoms with Crippen LogP contribution in [-0.2, 0) is 4.79 Å². The standard InChI is InChI=1S/C27H41NO2/c1-5-24(17-16-22(4)29)27(19-11-8-12-20-27)21(3)15-18-25(6-2)28-26(30)23-13-9-7-10-14-23/h6,15-18,23,29H,2,5,7-14,19-20H2,1,3-4H3,(H,28,30)/b21-15+,22-16+,24-17+,25-18+. The number of rotatable bonds is 8. The van der Waals surface area contributed by atoms with Gasteiger partial charge in [0.05, 0.1) is 5.76 Å².